The lowest BCUT2D eigenvalue weighted by atomic mass is 9.69. The Morgan fingerprint density at radius 1 is 1.07 bits per heavy atom. The number of carbonyl (C=O) groups excluding carboxylic acids is 4. The molecule has 0 radical (unpaired) electrons. The van der Waals surface area contributed by atoms with E-state index in [9.17, 15) is 38.8 Å². The summed E-state index contributed by atoms with van der Waals surface area (Å²) >= 11 is 0. The zero-order valence-corrected chi connectivity index (χ0v) is 33.5. The second kappa shape index (κ2) is 20.6. The summed E-state index contributed by atoms with van der Waals surface area (Å²) in [6, 6.07) is 9.87. The number of rotatable bonds is 22. The minimum Gasteiger partial charge on any atom is -0.429 e. The Hall–Kier alpha value is -4.25. The number of ketones is 1. The molecular weight excluding hydrogens is 737 g/mol. The maximum absolute atomic E-state index is 13.3. The lowest BCUT2D eigenvalue weighted by Gasteiger charge is -2.42. The number of nitro benzene ring substituents is 1. The van der Waals surface area contributed by atoms with Gasteiger partial charge in [0.15, 0.2) is 0 Å². The van der Waals surface area contributed by atoms with Crippen LogP contribution in [-0.2, 0) is 45.9 Å². The van der Waals surface area contributed by atoms with Crippen LogP contribution in [0.15, 0.2) is 42.5 Å². The Morgan fingerprint density at radius 2 is 1.75 bits per heavy atom. The molecule has 1 saturated carbocycles. The summed E-state index contributed by atoms with van der Waals surface area (Å²) in [5.74, 6) is -0.959. The minimum atomic E-state index is -4.27. The lowest BCUT2D eigenvalue weighted by molar-refractivity contribution is -0.870. The Labute approximate surface area is 322 Å². The first kappa shape index (κ1) is 45.1. The molecule has 0 aliphatic heterocycles. The van der Waals surface area contributed by atoms with E-state index in [1.54, 1.807) is 39.1 Å². The van der Waals surface area contributed by atoms with Gasteiger partial charge < -0.3 is 29.5 Å². The van der Waals surface area contributed by atoms with Crippen molar-refractivity contribution < 1.29 is 56.6 Å². The highest BCUT2D eigenvalue weighted by Crippen LogP contribution is 2.43. The van der Waals surface area contributed by atoms with Gasteiger partial charge in [-0.15, -0.1) is 0 Å². The third-order valence-electron chi connectivity index (χ3n) is 9.39. The van der Waals surface area contributed by atoms with Gasteiger partial charge in [0, 0.05) is 61.6 Å². The Balaban J connectivity index is 1.63. The number of benzene rings is 2. The second-order valence-electron chi connectivity index (χ2n) is 14.9. The molecule has 3 rings (SSSR count). The fourth-order valence-corrected chi connectivity index (χ4v) is 6.31. The standard InChI is InChI=1S/C37H54N5O12P/c1-8-31(43)14-9-25(2)35(44)39-34-22-33(26(34)3)36(45)38-29-11-10-27(24-51-37(46)54-32-15-12-30(13-16-32)41(47)48)28(21-29)23-40(4)17-19-52-55(49,50)53-20-18-42(5,6)7/h10-13,15-16,21,25-26,33-34H,8-9,14,17-20,22-24H2,1-7H3,(H2-,38,39,44,45,49,50)/p+1/t25-,26+,33?,34?/m1/s1. The molecule has 1 fully saturated rings. The maximum Gasteiger partial charge on any atom is 0.514 e. The Kier molecular flexibility index (Phi) is 16.9. The van der Waals surface area contributed by atoms with Crippen LogP contribution in [0.4, 0.5) is 16.2 Å². The average molecular weight is 793 g/mol. The van der Waals surface area contributed by atoms with Crippen molar-refractivity contribution in [2.24, 2.45) is 17.8 Å². The van der Waals surface area contributed by atoms with Crippen molar-refractivity contribution in [3.8, 4) is 5.75 Å². The van der Waals surface area contributed by atoms with Crippen molar-refractivity contribution in [2.45, 2.75) is 65.6 Å². The summed E-state index contributed by atoms with van der Waals surface area (Å²) in [6.45, 7) is 6.19. The van der Waals surface area contributed by atoms with E-state index < -0.39 is 18.9 Å². The second-order valence-corrected chi connectivity index (χ2v) is 16.4. The number of carbonyl (C=O) groups is 4. The summed E-state index contributed by atoms with van der Waals surface area (Å²) in [7, 11) is 3.27. The number of nitrogens with zero attached hydrogens (tertiary/aromatic N) is 3. The van der Waals surface area contributed by atoms with E-state index in [-0.39, 0.29) is 85.7 Å². The number of likely N-dealkylation sites (N-methyl/N-ethyl adjacent to an activating group) is 2. The molecule has 0 spiro atoms. The smallest absolute Gasteiger partial charge is 0.429 e. The molecule has 3 unspecified atom stereocenters. The van der Waals surface area contributed by atoms with Crippen molar-refractivity contribution in [3.63, 3.8) is 0 Å². The van der Waals surface area contributed by atoms with Crippen LogP contribution in [0.2, 0.25) is 0 Å². The van der Waals surface area contributed by atoms with E-state index in [1.807, 2.05) is 33.0 Å². The SMILES string of the molecule is CCC(=O)CC[C@@H](C)C(=O)NC1CC(C(=O)Nc2ccc(COC(=O)Oc3ccc([N+](=O)[O-])cc3)c(CN(C)CCOP(=O)(O)OCC[N+](C)(C)C)c2)[C@@H]1C. The number of ether oxygens (including phenoxy) is 2. The summed E-state index contributed by atoms with van der Waals surface area (Å²) < 4.78 is 33.7. The predicted octanol–water partition coefficient (Wildman–Crippen LogP) is 5.06. The molecule has 17 nitrogen and oxygen atoms in total. The molecule has 2 aromatic carbocycles. The number of nitro groups is 1. The molecule has 2 amide bonds. The summed E-state index contributed by atoms with van der Waals surface area (Å²) in [5.41, 5.74) is 1.57. The Bertz CT molecular complexity index is 1700. The lowest BCUT2D eigenvalue weighted by Crippen LogP contribution is -2.55. The number of phosphoric ester groups is 1. The number of hydrogen-bond acceptors (Lipinski definition) is 12. The molecule has 0 saturated heterocycles. The molecule has 0 aromatic heterocycles. The van der Waals surface area contributed by atoms with Gasteiger partial charge in [-0.1, -0.05) is 26.8 Å². The van der Waals surface area contributed by atoms with Gasteiger partial charge in [0.25, 0.3) is 5.69 Å². The molecule has 1 aliphatic carbocycles. The molecule has 5 atom stereocenters. The third-order valence-corrected chi connectivity index (χ3v) is 10.4. The van der Waals surface area contributed by atoms with Crippen LogP contribution in [-0.4, -0.2) is 103 Å². The summed E-state index contributed by atoms with van der Waals surface area (Å²) in [5, 5.41) is 16.9. The van der Waals surface area contributed by atoms with Crippen molar-refractivity contribution >= 4 is 43.0 Å². The van der Waals surface area contributed by atoms with Crippen LogP contribution in [0.1, 0.15) is 57.6 Å². The van der Waals surface area contributed by atoms with E-state index in [4.69, 9.17) is 18.5 Å². The molecule has 0 bridgehead atoms. The number of quaternary nitrogens is 1. The number of phosphoric acid groups is 1. The van der Waals surface area contributed by atoms with Crippen molar-refractivity contribution in [1.29, 1.82) is 0 Å². The first-order chi connectivity index (χ1) is 25.8. The normalized spacial score (nSPS) is 18.4. The van der Waals surface area contributed by atoms with Gasteiger partial charge in [-0.25, -0.2) is 9.36 Å². The highest BCUT2D eigenvalue weighted by molar-refractivity contribution is 7.47. The monoisotopic (exact) mass is 792 g/mol. The number of nitrogens with one attached hydrogen (secondary N) is 2. The molecular formula is C37H55N5O12P+. The van der Waals surface area contributed by atoms with Gasteiger partial charge in [0.05, 0.1) is 32.7 Å². The van der Waals surface area contributed by atoms with E-state index >= 15 is 0 Å². The van der Waals surface area contributed by atoms with Gasteiger partial charge in [-0.3, -0.25) is 38.4 Å². The first-order valence-electron chi connectivity index (χ1n) is 18.2. The number of Topliss-reactive ketones (excluding diaryl/α,β-unsaturated/α-hetero) is 1. The van der Waals surface area contributed by atoms with Crippen LogP contribution in [0.25, 0.3) is 0 Å². The van der Waals surface area contributed by atoms with Gasteiger partial charge in [-0.05, 0) is 61.2 Å². The van der Waals surface area contributed by atoms with Gasteiger partial charge in [0.1, 0.15) is 31.3 Å². The largest absolute Gasteiger partial charge is 0.514 e. The third kappa shape index (κ3) is 15.4. The number of anilines is 1. The van der Waals surface area contributed by atoms with Crippen molar-refractivity contribution in [3.05, 3.63) is 63.7 Å². The average Bonchev–Trinajstić information content (AvgIpc) is 3.10. The molecule has 3 N–H and O–H groups in total. The van der Waals surface area contributed by atoms with E-state index in [0.29, 0.717) is 53.5 Å². The van der Waals surface area contributed by atoms with Crippen LogP contribution >= 0.6 is 7.82 Å². The molecule has 18 heteroatoms. The first-order valence-corrected chi connectivity index (χ1v) is 19.7. The number of non-ortho nitro benzene ring substituents is 1. The maximum atomic E-state index is 13.3. The molecule has 55 heavy (non-hydrogen) atoms. The number of amides is 2. The highest BCUT2D eigenvalue weighted by atomic mass is 31.2. The van der Waals surface area contributed by atoms with Crippen molar-refractivity contribution in [1.82, 2.24) is 10.2 Å². The van der Waals surface area contributed by atoms with Gasteiger partial charge in [0.2, 0.25) is 11.8 Å². The molecule has 1 aliphatic rings. The highest BCUT2D eigenvalue weighted by Gasteiger charge is 2.43. The van der Waals surface area contributed by atoms with Gasteiger partial charge in [-0.2, -0.15) is 0 Å². The number of hydrogen-bond donors (Lipinski definition) is 3. The molecule has 2 aromatic rings. The predicted molar refractivity (Wildman–Crippen MR) is 203 cm³/mol. The summed E-state index contributed by atoms with van der Waals surface area (Å²) in [6.07, 6.45) is 0.704. The van der Waals surface area contributed by atoms with Gasteiger partial charge >= 0.3 is 14.0 Å². The zero-order chi connectivity index (χ0) is 40.9. The van der Waals surface area contributed by atoms with Crippen LogP contribution in [0, 0.1) is 27.9 Å². The topological polar surface area (TPSA) is 213 Å². The van der Waals surface area contributed by atoms with Crippen LogP contribution in [0.5, 0.6) is 5.75 Å². The van der Waals surface area contributed by atoms with E-state index in [0.717, 1.165) is 0 Å². The quantitative estimate of drug-likeness (QED) is 0.0356. The molecule has 304 valence electrons. The van der Waals surface area contributed by atoms with Crippen molar-refractivity contribution in [2.75, 3.05) is 59.8 Å². The zero-order valence-electron chi connectivity index (χ0n) is 32.6. The van der Waals surface area contributed by atoms with Crippen LogP contribution in [0.3, 0.4) is 0 Å². The van der Waals surface area contributed by atoms with E-state index in [1.165, 1.54) is 24.3 Å². The van der Waals surface area contributed by atoms with E-state index in [2.05, 4.69) is 10.6 Å². The summed E-state index contributed by atoms with van der Waals surface area (Å²) in [4.78, 5) is 72.4. The van der Waals surface area contributed by atoms with Crippen LogP contribution < -0.4 is 15.4 Å². The Morgan fingerprint density at radius 3 is 2.36 bits per heavy atom. The fourth-order valence-electron chi connectivity index (χ4n) is 5.61. The minimum absolute atomic E-state index is 0.0397. The molecule has 0 heterocycles. The fraction of sp³-hybridized carbons (Fsp3) is 0.568.